The van der Waals surface area contributed by atoms with Gasteiger partial charge >= 0.3 is 5.97 Å². The van der Waals surface area contributed by atoms with Gasteiger partial charge in [0.15, 0.2) is 5.65 Å². The van der Waals surface area contributed by atoms with Gasteiger partial charge in [-0.25, -0.2) is 4.98 Å². The molecule has 1 amide bonds. The van der Waals surface area contributed by atoms with Crippen LogP contribution in [-0.2, 0) is 11.8 Å². The Morgan fingerprint density at radius 3 is 2.64 bits per heavy atom. The van der Waals surface area contributed by atoms with E-state index in [-0.39, 0.29) is 18.9 Å². The van der Waals surface area contributed by atoms with Crippen molar-refractivity contribution in [1.29, 1.82) is 0 Å². The molecule has 0 aliphatic heterocycles. The van der Waals surface area contributed by atoms with E-state index in [4.69, 9.17) is 5.11 Å². The molecule has 2 rings (SSSR count). The highest BCUT2D eigenvalue weighted by atomic mass is 16.4. The van der Waals surface area contributed by atoms with Crippen molar-refractivity contribution in [3.63, 3.8) is 0 Å². The minimum absolute atomic E-state index is 0.0706. The summed E-state index contributed by atoms with van der Waals surface area (Å²) in [5.41, 5.74) is 2.66. The molecule has 118 valence electrons. The van der Waals surface area contributed by atoms with Crippen LogP contribution in [0.2, 0.25) is 0 Å². The first-order chi connectivity index (χ1) is 10.3. The van der Waals surface area contributed by atoms with Crippen molar-refractivity contribution in [2.75, 3.05) is 13.1 Å². The molecule has 2 aromatic rings. The lowest BCUT2D eigenvalue weighted by atomic mass is 10.1. The van der Waals surface area contributed by atoms with Crippen molar-refractivity contribution in [2.45, 2.75) is 27.2 Å². The van der Waals surface area contributed by atoms with Gasteiger partial charge in [-0.1, -0.05) is 0 Å². The Kier molecular flexibility index (Phi) is 4.44. The molecule has 0 atom stereocenters. The van der Waals surface area contributed by atoms with Crippen LogP contribution in [0.15, 0.2) is 6.07 Å². The normalized spacial score (nSPS) is 10.9. The third kappa shape index (κ3) is 2.93. The molecular formula is C15H20N4O3. The predicted octanol–water partition coefficient (Wildman–Crippen LogP) is 1.52. The highest BCUT2D eigenvalue weighted by Gasteiger charge is 2.21. The zero-order valence-electron chi connectivity index (χ0n) is 13.3. The van der Waals surface area contributed by atoms with Gasteiger partial charge in [-0.15, -0.1) is 0 Å². The monoisotopic (exact) mass is 304 g/mol. The van der Waals surface area contributed by atoms with Crippen LogP contribution in [-0.4, -0.2) is 49.7 Å². The molecule has 0 unspecified atom stereocenters. The molecule has 0 saturated carbocycles. The fraction of sp³-hybridized carbons (Fsp3) is 0.467. The maximum absolute atomic E-state index is 12.8. The molecule has 0 radical (unpaired) electrons. The maximum atomic E-state index is 12.8. The van der Waals surface area contributed by atoms with E-state index in [0.29, 0.717) is 17.8 Å². The molecule has 0 aliphatic carbocycles. The Morgan fingerprint density at radius 2 is 2.05 bits per heavy atom. The van der Waals surface area contributed by atoms with Gasteiger partial charge in [0.1, 0.15) is 0 Å². The van der Waals surface area contributed by atoms with Gasteiger partial charge < -0.3 is 10.0 Å². The number of aryl methyl sites for hydroxylation is 3. The van der Waals surface area contributed by atoms with Gasteiger partial charge in [0.2, 0.25) is 0 Å². The van der Waals surface area contributed by atoms with Gasteiger partial charge in [-0.3, -0.25) is 14.3 Å². The Bertz CT molecular complexity index is 736. The Morgan fingerprint density at radius 1 is 1.36 bits per heavy atom. The van der Waals surface area contributed by atoms with Crippen molar-refractivity contribution in [2.24, 2.45) is 7.05 Å². The van der Waals surface area contributed by atoms with Gasteiger partial charge in [-0.2, -0.15) is 5.10 Å². The van der Waals surface area contributed by atoms with Crippen molar-refractivity contribution in [1.82, 2.24) is 19.7 Å². The van der Waals surface area contributed by atoms with Crippen LogP contribution in [0, 0.1) is 13.8 Å². The molecule has 2 heterocycles. The molecule has 0 saturated heterocycles. The molecule has 2 aromatic heterocycles. The Labute approximate surface area is 128 Å². The number of carbonyl (C=O) groups excluding carboxylic acids is 1. The van der Waals surface area contributed by atoms with E-state index in [0.717, 1.165) is 16.8 Å². The number of aromatic nitrogens is 3. The van der Waals surface area contributed by atoms with Gasteiger partial charge in [-0.05, 0) is 26.8 Å². The summed E-state index contributed by atoms with van der Waals surface area (Å²) in [6, 6.07) is 1.74. The molecule has 22 heavy (non-hydrogen) atoms. The summed E-state index contributed by atoms with van der Waals surface area (Å²) in [4.78, 5) is 29.5. The predicted molar refractivity (Wildman–Crippen MR) is 81.8 cm³/mol. The number of pyridine rings is 1. The number of nitrogens with zero attached hydrogens (tertiary/aromatic N) is 4. The zero-order valence-corrected chi connectivity index (χ0v) is 13.3. The molecule has 0 spiro atoms. The summed E-state index contributed by atoms with van der Waals surface area (Å²) in [6.45, 7) is 6.14. The fourth-order valence-corrected chi connectivity index (χ4v) is 2.54. The smallest absolute Gasteiger partial charge is 0.305 e. The second kappa shape index (κ2) is 6.13. The van der Waals surface area contributed by atoms with Gasteiger partial charge in [0, 0.05) is 25.8 Å². The van der Waals surface area contributed by atoms with Crippen LogP contribution >= 0.6 is 0 Å². The number of hydrogen-bond donors (Lipinski definition) is 1. The molecular weight excluding hydrogens is 284 g/mol. The number of fused-ring (bicyclic) bond motifs is 1. The number of hydrogen-bond acceptors (Lipinski definition) is 4. The topological polar surface area (TPSA) is 88.3 Å². The minimum atomic E-state index is -0.917. The van der Waals surface area contributed by atoms with Crippen molar-refractivity contribution in [3.05, 3.63) is 23.0 Å². The molecule has 0 bridgehead atoms. The van der Waals surface area contributed by atoms with E-state index in [2.05, 4.69) is 10.1 Å². The van der Waals surface area contributed by atoms with Crippen molar-refractivity contribution < 1.29 is 14.7 Å². The van der Waals surface area contributed by atoms with E-state index in [1.807, 2.05) is 20.8 Å². The molecule has 1 N–H and O–H groups in total. The summed E-state index contributed by atoms with van der Waals surface area (Å²) < 4.78 is 1.65. The van der Waals surface area contributed by atoms with E-state index >= 15 is 0 Å². The van der Waals surface area contributed by atoms with Crippen LogP contribution in [0.5, 0.6) is 0 Å². The first-order valence-electron chi connectivity index (χ1n) is 7.17. The van der Waals surface area contributed by atoms with E-state index < -0.39 is 5.97 Å². The van der Waals surface area contributed by atoms with Crippen LogP contribution < -0.4 is 0 Å². The van der Waals surface area contributed by atoms with Crippen LogP contribution in [0.3, 0.4) is 0 Å². The second-order valence-electron chi connectivity index (χ2n) is 5.25. The Balaban J connectivity index is 2.48. The first kappa shape index (κ1) is 15.9. The molecule has 7 nitrogen and oxygen atoms in total. The average Bonchev–Trinajstić information content (AvgIpc) is 2.73. The summed E-state index contributed by atoms with van der Waals surface area (Å²) in [7, 11) is 1.79. The van der Waals surface area contributed by atoms with Crippen LogP contribution in [0.1, 0.15) is 35.1 Å². The summed E-state index contributed by atoms with van der Waals surface area (Å²) in [5.74, 6) is -1.10. The summed E-state index contributed by atoms with van der Waals surface area (Å²) in [6.07, 6.45) is -0.0706. The molecule has 0 fully saturated rings. The average molecular weight is 304 g/mol. The quantitative estimate of drug-likeness (QED) is 0.904. The lowest BCUT2D eigenvalue weighted by Gasteiger charge is -2.20. The SMILES string of the molecule is CCN(CCC(=O)O)C(=O)c1cc(C)nc2c1c(C)nn2C. The zero-order chi connectivity index (χ0) is 16.4. The lowest BCUT2D eigenvalue weighted by Crippen LogP contribution is -2.33. The lowest BCUT2D eigenvalue weighted by molar-refractivity contribution is -0.137. The fourth-order valence-electron chi connectivity index (χ4n) is 2.54. The molecule has 0 aliphatic rings. The highest BCUT2D eigenvalue weighted by molar-refractivity contribution is 6.06. The van der Waals surface area contributed by atoms with Crippen LogP contribution in [0.4, 0.5) is 0 Å². The minimum Gasteiger partial charge on any atom is -0.481 e. The van der Waals surface area contributed by atoms with Crippen molar-refractivity contribution >= 4 is 22.9 Å². The number of carboxylic acids is 1. The number of carboxylic acid groups (broad SMARTS) is 1. The number of rotatable bonds is 5. The summed E-state index contributed by atoms with van der Waals surface area (Å²) >= 11 is 0. The molecule has 7 heteroatoms. The van der Waals surface area contributed by atoms with Crippen LogP contribution in [0.25, 0.3) is 11.0 Å². The second-order valence-corrected chi connectivity index (χ2v) is 5.25. The maximum Gasteiger partial charge on any atom is 0.305 e. The Hall–Kier alpha value is -2.44. The van der Waals surface area contributed by atoms with E-state index in [1.54, 1.807) is 17.8 Å². The summed E-state index contributed by atoms with van der Waals surface area (Å²) in [5, 5.41) is 13.9. The third-order valence-corrected chi connectivity index (χ3v) is 3.59. The van der Waals surface area contributed by atoms with E-state index in [1.165, 1.54) is 4.90 Å². The third-order valence-electron chi connectivity index (χ3n) is 3.59. The van der Waals surface area contributed by atoms with E-state index in [9.17, 15) is 9.59 Å². The number of amides is 1. The number of aliphatic carboxylic acids is 1. The van der Waals surface area contributed by atoms with Crippen molar-refractivity contribution in [3.8, 4) is 0 Å². The van der Waals surface area contributed by atoms with Gasteiger partial charge in [0.05, 0.1) is 23.1 Å². The standard InChI is InChI=1S/C15H20N4O3/c1-5-19(7-6-12(20)21)15(22)11-8-9(2)16-14-13(11)10(3)17-18(14)4/h8H,5-7H2,1-4H3,(H,20,21). The molecule has 0 aromatic carbocycles. The van der Waals surface area contributed by atoms with Gasteiger partial charge in [0.25, 0.3) is 5.91 Å². The number of carbonyl (C=O) groups is 2. The largest absolute Gasteiger partial charge is 0.481 e. The first-order valence-corrected chi connectivity index (χ1v) is 7.17. The highest BCUT2D eigenvalue weighted by Crippen LogP contribution is 2.23.